The minimum atomic E-state index is -4.33. The van der Waals surface area contributed by atoms with Crippen LogP contribution in [0.1, 0.15) is 6.99 Å². The van der Waals surface area contributed by atoms with Crippen LogP contribution in [-0.2, 0) is 10.0 Å². The van der Waals surface area contributed by atoms with Crippen LogP contribution in [0.3, 0.4) is 0 Å². The van der Waals surface area contributed by atoms with Gasteiger partial charge in [0.15, 0.2) is 10.7 Å². The molecule has 8 nitrogen and oxygen atoms in total. The number of benzene rings is 2. The molecule has 0 unspecified atom stereocenters. The van der Waals surface area contributed by atoms with E-state index in [9.17, 15) is 13.5 Å². The first-order valence-corrected chi connectivity index (χ1v) is 8.67. The zero-order chi connectivity index (χ0) is 19.5. The minimum Gasteiger partial charge on any atom is -0.507 e. The standard InChI is InChI=1S/C16H17BN2O6S.H2/c1-23-11-5-4-6-12(24-2)15(11)26(21,22)19-16(18)14-10(20)7-9(17)8-13(14)25-3;/h4-8,20H,1-3H3,(H2,18,19);1H. The number of hydrogen-bond acceptors (Lipinski definition) is 6. The van der Waals surface area contributed by atoms with Crippen molar-refractivity contribution in [3.63, 3.8) is 0 Å². The Balaban J connectivity index is 0.00000364. The number of phenolic OH excluding ortho intramolecular Hbond substituents is 1. The van der Waals surface area contributed by atoms with Crippen molar-refractivity contribution in [1.29, 1.82) is 0 Å². The largest absolute Gasteiger partial charge is 0.507 e. The molecule has 0 aliphatic rings. The van der Waals surface area contributed by atoms with E-state index in [0.717, 1.165) is 0 Å². The highest BCUT2D eigenvalue weighted by Gasteiger charge is 2.26. The monoisotopic (exact) mass is 378 g/mol. The average molecular weight is 378 g/mol. The molecule has 0 aromatic heterocycles. The lowest BCUT2D eigenvalue weighted by Gasteiger charge is -2.13. The summed E-state index contributed by atoms with van der Waals surface area (Å²) >= 11 is 0. The van der Waals surface area contributed by atoms with Gasteiger partial charge in [0, 0.05) is 1.43 Å². The molecule has 2 aromatic carbocycles. The summed E-state index contributed by atoms with van der Waals surface area (Å²) in [6.07, 6.45) is 0. The van der Waals surface area contributed by atoms with E-state index in [2.05, 4.69) is 4.40 Å². The Bertz CT molecular complexity index is 943. The zero-order valence-corrected chi connectivity index (χ0v) is 15.2. The number of ether oxygens (including phenoxy) is 3. The number of methoxy groups -OCH3 is 3. The van der Waals surface area contributed by atoms with Crippen molar-refractivity contribution >= 4 is 29.2 Å². The van der Waals surface area contributed by atoms with Gasteiger partial charge in [-0.3, -0.25) is 0 Å². The number of rotatable bonds is 6. The Morgan fingerprint density at radius 2 is 1.65 bits per heavy atom. The summed E-state index contributed by atoms with van der Waals surface area (Å²) in [5.74, 6) is -0.702. The van der Waals surface area contributed by atoms with Crippen molar-refractivity contribution in [2.24, 2.45) is 10.1 Å². The molecule has 0 aliphatic heterocycles. The van der Waals surface area contributed by atoms with Gasteiger partial charge in [-0.15, -0.1) is 4.40 Å². The Morgan fingerprint density at radius 3 is 2.15 bits per heavy atom. The summed E-state index contributed by atoms with van der Waals surface area (Å²) < 4.78 is 44.4. The molecule has 0 saturated heterocycles. The van der Waals surface area contributed by atoms with E-state index in [1.807, 2.05) is 0 Å². The van der Waals surface area contributed by atoms with Gasteiger partial charge < -0.3 is 25.1 Å². The van der Waals surface area contributed by atoms with Gasteiger partial charge in [-0.25, -0.2) is 0 Å². The predicted octanol–water partition coefficient (Wildman–Crippen LogP) is 0.552. The first-order valence-electron chi connectivity index (χ1n) is 7.23. The maximum Gasteiger partial charge on any atom is 0.291 e. The number of nitrogens with zero attached hydrogens (tertiary/aromatic N) is 1. The van der Waals surface area contributed by atoms with Crippen LogP contribution >= 0.6 is 0 Å². The minimum absolute atomic E-state index is 0. The highest BCUT2D eigenvalue weighted by Crippen LogP contribution is 2.35. The lowest BCUT2D eigenvalue weighted by Crippen LogP contribution is -2.19. The van der Waals surface area contributed by atoms with Crippen LogP contribution < -0.4 is 25.4 Å². The molecule has 0 bridgehead atoms. The van der Waals surface area contributed by atoms with Gasteiger partial charge in [0.25, 0.3) is 10.0 Å². The van der Waals surface area contributed by atoms with Gasteiger partial charge in [0.1, 0.15) is 36.4 Å². The Hall–Kier alpha value is -2.88. The van der Waals surface area contributed by atoms with E-state index in [-0.39, 0.29) is 40.3 Å². The first-order chi connectivity index (χ1) is 12.2. The molecule has 0 aliphatic carbocycles. The molecule has 0 amide bonds. The summed E-state index contributed by atoms with van der Waals surface area (Å²) in [7, 11) is 5.25. The molecule has 0 fully saturated rings. The van der Waals surface area contributed by atoms with E-state index in [4.69, 9.17) is 27.8 Å². The fourth-order valence-corrected chi connectivity index (χ4v) is 3.58. The Morgan fingerprint density at radius 1 is 1.12 bits per heavy atom. The number of phenols is 1. The highest BCUT2D eigenvalue weighted by atomic mass is 32.2. The van der Waals surface area contributed by atoms with Crippen LogP contribution in [0.25, 0.3) is 0 Å². The second kappa shape index (κ2) is 7.57. The third-order valence-corrected chi connectivity index (χ3v) is 4.79. The number of sulfonamides is 1. The molecule has 0 spiro atoms. The molecule has 2 radical (unpaired) electrons. The van der Waals surface area contributed by atoms with Gasteiger partial charge in [0.05, 0.1) is 21.3 Å². The molecule has 0 heterocycles. The van der Waals surface area contributed by atoms with E-state index >= 15 is 0 Å². The molecular weight excluding hydrogens is 359 g/mol. The van der Waals surface area contributed by atoms with Gasteiger partial charge in [-0.1, -0.05) is 11.5 Å². The van der Waals surface area contributed by atoms with Gasteiger partial charge in [0.2, 0.25) is 0 Å². The number of aromatic hydroxyl groups is 1. The van der Waals surface area contributed by atoms with Crippen LogP contribution in [0, 0.1) is 0 Å². The lowest BCUT2D eigenvalue weighted by atomic mass is 9.93. The molecule has 26 heavy (non-hydrogen) atoms. The van der Waals surface area contributed by atoms with Gasteiger partial charge in [-0.2, -0.15) is 8.42 Å². The third kappa shape index (κ3) is 3.69. The van der Waals surface area contributed by atoms with Crippen LogP contribution in [0.5, 0.6) is 23.0 Å². The fourth-order valence-electron chi connectivity index (χ4n) is 2.33. The van der Waals surface area contributed by atoms with E-state index in [0.29, 0.717) is 0 Å². The van der Waals surface area contributed by atoms with Crippen molar-refractivity contribution in [1.82, 2.24) is 0 Å². The molecule has 3 N–H and O–H groups in total. The SMILES string of the molecule is [B]c1cc(O)c(/C(N)=N/S(=O)(=O)c2c(OC)cccc2OC)c(OC)c1.[HH]. The summed E-state index contributed by atoms with van der Waals surface area (Å²) in [4.78, 5) is -0.290. The maximum absolute atomic E-state index is 12.8. The quantitative estimate of drug-likeness (QED) is 0.428. The predicted molar refractivity (Wildman–Crippen MR) is 99.6 cm³/mol. The summed E-state index contributed by atoms with van der Waals surface area (Å²) in [6.45, 7) is 0. The number of nitrogens with two attached hydrogens (primary N) is 1. The Kier molecular flexibility index (Phi) is 5.66. The molecule has 10 heteroatoms. The molecule has 138 valence electrons. The Labute approximate surface area is 154 Å². The topological polar surface area (TPSA) is 120 Å². The summed E-state index contributed by atoms with van der Waals surface area (Å²) in [5.41, 5.74) is 5.95. The molecule has 2 aromatic rings. The molecule has 0 atom stereocenters. The second-order valence-corrected chi connectivity index (χ2v) is 6.60. The molecule has 2 rings (SSSR count). The van der Waals surface area contributed by atoms with Crippen LogP contribution in [0.15, 0.2) is 39.6 Å². The molecular formula is C16H19BN2O6S. The smallest absolute Gasteiger partial charge is 0.291 e. The van der Waals surface area contributed by atoms with Crippen LogP contribution in [0.2, 0.25) is 0 Å². The van der Waals surface area contributed by atoms with Crippen molar-refractivity contribution < 1.29 is 29.2 Å². The average Bonchev–Trinajstić information content (AvgIpc) is 2.59. The van der Waals surface area contributed by atoms with Crippen LogP contribution in [-0.4, -0.2) is 48.5 Å². The maximum atomic E-state index is 12.8. The third-order valence-electron chi connectivity index (χ3n) is 3.44. The number of amidine groups is 1. The van der Waals surface area contributed by atoms with E-state index < -0.39 is 15.9 Å². The fraction of sp³-hybridized carbons (Fsp3) is 0.188. The van der Waals surface area contributed by atoms with Crippen LogP contribution in [0.4, 0.5) is 0 Å². The lowest BCUT2D eigenvalue weighted by molar-refractivity contribution is 0.373. The van der Waals surface area contributed by atoms with Crippen molar-refractivity contribution in [3.8, 4) is 23.0 Å². The number of hydrogen-bond donors (Lipinski definition) is 2. The van der Waals surface area contributed by atoms with E-state index in [1.165, 1.54) is 45.6 Å². The van der Waals surface area contributed by atoms with Crippen molar-refractivity contribution in [2.45, 2.75) is 4.90 Å². The van der Waals surface area contributed by atoms with Crippen molar-refractivity contribution in [3.05, 3.63) is 35.9 Å². The van der Waals surface area contributed by atoms with Crippen molar-refractivity contribution in [2.75, 3.05) is 21.3 Å². The first kappa shape index (κ1) is 19.4. The normalized spacial score (nSPS) is 11.9. The summed E-state index contributed by atoms with van der Waals surface area (Å²) in [6, 6.07) is 7.05. The van der Waals surface area contributed by atoms with E-state index in [1.54, 1.807) is 6.07 Å². The summed E-state index contributed by atoms with van der Waals surface area (Å²) in [5, 5.41) is 10.1. The molecule has 0 saturated carbocycles. The highest BCUT2D eigenvalue weighted by molar-refractivity contribution is 7.90. The van der Waals surface area contributed by atoms with Gasteiger partial charge >= 0.3 is 0 Å². The van der Waals surface area contributed by atoms with Gasteiger partial charge in [-0.05, 0) is 24.3 Å². The zero-order valence-electron chi connectivity index (χ0n) is 14.4. The second-order valence-electron chi connectivity index (χ2n) is 5.06.